The van der Waals surface area contributed by atoms with Crippen molar-refractivity contribution in [1.82, 2.24) is 19.6 Å². The van der Waals surface area contributed by atoms with Gasteiger partial charge in [0.25, 0.3) is 11.2 Å². The summed E-state index contributed by atoms with van der Waals surface area (Å²) in [5, 5.41) is 15.1. The second kappa shape index (κ2) is 4.82. The number of nitro benzene ring substituents is 1. The SMILES string of the molecule is CCc1ncn2nc(-c3cccc([N+](=O)[O-])c3)[nH]c(=O)c12. The Morgan fingerprint density at radius 3 is 2.95 bits per heavy atom. The second-order valence-electron chi connectivity index (χ2n) is 4.45. The van der Waals surface area contributed by atoms with Crippen molar-refractivity contribution >= 4 is 11.2 Å². The van der Waals surface area contributed by atoms with Gasteiger partial charge in [-0.15, -0.1) is 5.10 Å². The Bertz CT molecular complexity index is 896. The number of aryl methyl sites for hydroxylation is 1. The number of non-ortho nitro benzene ring substituents is 1. The van der Waals surface area contributed by atoms with Crippen molar-refractivity contribution in [2.75, 3.05) is 0 Å². The molecular formula is C13H11N5O3. The molecule has 0 aliphatic carbocycles. The fourth-order valence-corrected chi connectivity index (χ4v) is 2.14. The molecule has 1 aromatic carbocycles. The first-order valence-corrected chi connectivity index (χ1v) is 6.31. The number of imidazole rings is 1. The number of hydrogen-bond acceptors (Lipinski definition) is 5. The van der Waals surface area contributed by atoms with Gasteiger partial charge in [-0.05, 0) is 6.42 Å². The Morgan fingerprint density at radius 2 is 2.24 bits per heavy atom. The standard InChI is InChI=1S/C13H11N5O3/c1-2-10-11-13(19)15-12(16-17(11)7-14-10)8-4-3-5-9(6-8)18(20)21/h3-7H,2H2,1H3,(H,15,16,19). The predicted octanol–water partition coefficient (Wildman–Crippen LogP) is 1.56. The molecule has 0 saturated carbocycles. The lowest BCUT2D eigenvalue weighted by atomic mass is 10.2. The van der Waals surface area contributed by atoms with E-state index in [1.54, 1.807) is 12.1 Å². The third-order valence-electron chi connectivity index (χ3n) is 3.15. The van der Waals surface area contributed by atoms with E-state index in [-0.39, 0.29) is 17.1 Å². The van der Waals surface area contributed by atoms with E-state index in [0.717, 1.165) is 0 Å². The van der Waals surface area contributed by atoms with Crippen LogP contribution < -0.4 is 5.56 Å². The van der Waals surface area contributed by atoms with E-state index >= 15 is 0 Å². The normalized spacial score (nSPS) is 10.9. The van der Waals surface area contributed by atoms with E-state index in [1.165, 1.54) is 23.0 Å². The van der Waals surface area contributed by atoms with Gasteiger partial charge in [-0.1, -0.05) is 19.1 Å². The minimum atomic E-state index is -0.494. The van der Waals surface area contributed by atoms with E-state index in [1.807, 2.05) is 6.92 Å². The number of aromatic nitrogens is 4. The molecule has 8 heteroatoms. The lowest BCUT2D eigenvalue weighted by Gasteiger charge is -2.02. The molecule has 2 aromatic heterocycles. The number of nitro groups is 1. The van der Waals surface area contributed by atoms with Crippen molar-refractivity contribution in [1.29, 1.82) is 0 Å². The van der Waals surface area contributed by atoms with Gasteiger partial charge in [0, 0.05) is 17.7 Å². The summed E-state index contributed by atoms with van der Waals surface area (Å²) in [6.07, 6.45) is 2.08. The van der Waals surface area contributed by atoms with Crippen LogP contribution in [0.2, 0.25) is 0 Å². The van der Waals surface area contributed by atoms with Crippen LogP contribution in [0.4, 0.5) is 5.69 Å². The van der Waals surface area contributed by atoms with Crippen molar-refractivity contribution in [2.24, 2.45) is 0 Å². The first-order valence-electron chi connectivity index (χ1n) is 6.31. The van der Waals surface area contributed by atoms with E-state index in [2.05, 4.69) is 15.1 Å². The molecule has 1 N–H and O–H groups in total. The van der Waals surface area contributed by atoms with E-state index in [0.29, 0.717) is 23.2 Å². The molecule has 3 rings (SSSR count). The van der Waals surface area contributed by atoms with Crippen LogP contribution in [-0.2, 0) is 6.42 Å². The van der Waals surface area contributed by atoms with Crippen LogP contribution in [0.25, 0.3) is 16.9 Å². The van der Waals surface area contributed by atoms with Crippen LogP contribution in [0.3, 0.4) is 0 Å². The highest BCUT2D eigenvalue weighted by Crippen LogP contribution is 2.20. The molecule has 106 valence electrons. The highest BCUT2D eigenvalue weighted by Gasteiger charge is 2.13. The quantitative estimate of drug-likeness (QED) is 0.580. The molecule has 0 fully saturated rings. The van der Waals surface area contributed by atoms with Gasteiger partial charge in [-0.25, -0.2) is 9.50 Å². The van der Waals surface area contributed by atoms with Crippen LogP contribution in [0.1, 0.15) is 12.6 Å². The van der Waals surface area contributed by atoms with Crippen molar-refractivity contribution in [2.45, 2.75) is 13.3 Å². The van der Waals surface area contributed by atoms with Gasteiger partial charge in [-0.2, -0.15) is 0 Å². The zero-order chi connectivity index (χ0) is 15.0. The number of aromatic amines is 1. The predicted molar refractivity (Wildman–Crippen MR) is 75.1 cm³/mol. The minimum Gasteiger partial charge on any atom is -0.303 e. The van der Waals surface area contributed by atoms with Gasteiger partial charge in [0.15, 0.2) is 11.3 Å². The Hall–Kier alpha value is -3.03. The van der Waals surface area contributed by atoms with Gasteiger partial charge < -0.3 is 4.98 Å². The number of H-pyrrole nitrogens is 1. The molecule has 0 aliphatic rings. The summed E-state index contributed by atoms with van der Waals surface area (Å²) in [4.78, 5) is 29.2. The van der Waals surface area contributed by atoms with Gasteiger partial charge in [0.1, 0.15) is 6.33 Å². The Labute approximate surface area is 118 Å². The molecule has 2 heterocycles. The lowest BCUT2D eigenvalue weighted by molar-refractivity contribution is -0.384. The number of rotatable bonds is 3. The van der Waals surface area contributed by atoms with E-state index < -0.39 is 4.92 Å². The van der Waals surface area contributed by atoms with Crippen molar-refractivity contribution in [3.8, 4) is 11.4 Å². The van der Waals surface area contributed by atoms with Crippen molar-refractivity contribution in [3.05, 3.63) is 56.8 Å². The molecule has 0 atom stereocenters. The summed E-state index contributed by atoms with van der Waals surface area (Å²) in [5.41, 5.74) is 1.15. The third-order valence-corrected chi connectivity index (χ3v) is 3.15. The second-order valence-corrected chi connectivity index (χ2v) is 4.45. The molecule has 0 aliphatic heterocycles. The number of benzene rings is 1. The summed E-state index contributed by atoms with van der Waals surface area (Å²) in [6.45, 7) is 1.90. The minimum absolute atomic E-state index is 0.0601. The van der Waals surface area contributed by atoms with Crippen molar-refractivity contribution in [3.63, 3.8) is 0 Å². The average molecular weight is 285 g/mol. The zero-order valence-corrected chi connectivity index (χ0v) is 11.1. The molecule has 0 saturated heterocycles. The topological polar surface area (TPSA) is 106 Å². The summed E-state index contributed by atoms with van der Waals surface area (Å²) in [5.74, 6) is 0.260. The summed E-state index contributed by atoms with van der Waals surface area (Å²) >= 11 is 0. The van der Waals surface area contributed by atoms with Gasteiger partial charge >= 0.3 is 0 Å². The Morgan fingerprint density at radius 1 is 1.43 bits per heavy atom. The fraction of sp³-hybridized carbons (Fsp3) is 0.154. The molecule has 0 bridgehead atoms. The molecular weight excluding hydrogens is 274 g/mol. The number of nitrogens with one attached hydrogen (secondary N) is 1. The number of hydrogen-bond donors (Lipinski definition) is 1. The molecule has 0 spiro atoms. The van der Waals surface area contributed by atoms with Crippen LogP contribution in [0, 0.1) is 10.1 Å². The number of fused-ring (bicyclic) bond motifs is 1. The smallest absolute Gasteiger partial charge is 0.277 e. The summed E-state index contributed by atoms with van der Waals surface area (Å²) in [7, 11) is 0. The highest BCUT2D eigenvalue weighted by molar-refractivity contribution is 5.60. The van der Waals surface area contributed by atoms with Crippen LogP contribution in [0.5, 0.6) is 0 Å². The summed E-state index contributed by atoms with van der Waals surface area (Å²) in [6, 6.07) is 5.94. The van der Waals surface area contributed by atoms with E-state index in [9.17, 15) is 14.9 Å². The lowest BCUT2D eigenvalue weighted by Crippen LogP contribution is -2.14. The first-order chi connectivity index (χ1) is 10.1. The maximum atomic E-state index is 12.1. The van der Waals surface area contributed by atoms with Crippen LogP contribution >= 0.6 is 0 Å². The Balaban J connectivity index is 2.20. The molecule has 3 aromatic rings. The summed E-state index contributed by atoms with van der Waals surface area (Å²) < 4.78 is 1.39. The van der Waals surface area contributed by atoms with Crippen LogP contribution in [0.15, 0.2) is 35.4 Å². The van der Waals surface area contributed by atoms with Gasteiger partial charge in [0.05, 0.1) is 10.6 Å². The largest absolute Gasteiger partial charge is 0.303 e. The average Bonchev–Trinajstić information content (AvgIpc) is 2.91. The zero-order valence-electron chi connectivity index (χ0n) is 11.1. The molecule has 8 nitrogen and oxygen atoms in total. The highest BCUT2D eigenvalue weighted by atomic mass is 16.6. The molecule has 21 heavy (non-hydrogen) atoms. The number of nitrogens with zero attached hydrogens (tertiary/aromatic N) is 4. The third kappa shape index (κ3) is 2.16. The molecule has 0 unspecified atom stereocenters. The maximum absolute atomic E-state index is 12.1. The molecule has 0 radical (unpaired) electrons. The monoisotopic (exact) mass is 285 g/mol. The van der Waals surface area contributed by atoms with E-state index in [4.69, 9.17) is 0 Å². The van der Waals surface area contributed by atoms with Crippen LogP contribution in [-0.4, -0.2) is 24.5 Å². The first kappa shape index (κ1) is 13.0. The molecule has 0 amide bonds. The van der Waals surface area contributed by atoms with Gasteiger partial charge in [-0.3, -0.25) is 14.9 Å². The van der Waals surface area contributed by atoms with Crippen molar-refractivity contribution < 1.29 is 4.92 Å². The maximum Gasteiger partial charge on any atom is 0.277 e. The Kier molecular flexibility index (Phi) is 2.98. The fourth-order valence-electron chi connectivity index (χ4n) is 2.14. The van der Waals surface area contributed by atoms with Gasteiger partial charge in [0.2, 0.25) is 0 Å².